The Kier molecular flexibility index (Phi) is 4.63. The predicted molar refractivity (Wildman–Crippen MR) is 97.9 cm³/mol. The van der Waals surface area contributed by atoms with Gasteiger partial charge in [-0.3, -0.25) is 19.7 Å². The van der Waals surface area contributed by atoms with Crippen molar-refractivity contribution in [1.29, 1.82) is 0 Å². The first-order valence-electron chi connectivity index (χ1n) is 8.26. The number of imide groups is 1. The highest BCUT2D eigenvalue weighted by Crippen LogP contribution is 2.25. The quantitative estimate of drug-likeness (QED) is 0.759. The van der Waals surface area contributed by atoms with E-state index in [1.54, 1.807) is 30.5 Å². The molecule has 0 aromatic carbocycles. The van der Waals surface area contributed by atoms with E-state index in [9.17, 15) is 14.4 Å². The molecule has 2 fully saturated rings. The van der Waals surface area contributed by atoms with Crippen molar-refractivity contribution in [3.8, 4) is 0 Å². The van der Waals surface area contributed by atoms with Crippen LogP contribution < -0.4 is 15.5 Å². The zero-order valence-electron chi connectivity index (χ0n) is 14.0. The molecule has 138 valence electrons. The van der Waals surface area contributed by atoms with E-state index in [0.29, 0.717) is 29.6 Å². The number of carbonyl (C=O) groups is 3. The SMILES string of the molecule is O=C1NC(=O)/C(=C/c2ccnc(N3CCC(NC(=O)c4ccco4)C3)n2)S1. The number of nitrogens with one attached hydrogen (secondary N) is 2. The van der Waals surface area contributed by atoms with E-state index in [4.69, 9.17) is 4.42 Å². The van der Waals surface area contributed by atoms with Gasteiger partial charge in [0.1, 0.15) is 0 Å². The average Bonchev–Trinajstić information content (AvgIpc) is 3.38. The number of anilines is 1. The maximum absolute atomic E-state index is 12.1. The Morgan fingerprint density at radius 2 is 2.30 bits per heavy atom. The van der Waals surface area contributed by atoms with Gasteiger partial charge < -0.3 is 14.6 Å². The van der Waals surface area contributed by atoms with Crippen LogP contribution in [-0.2, 0) is 4.79 Å². The monoisotopic (exact) mass is 385 g/mol. The Bertz CT molecular complexity index is 927. The molecule has 3 amide bonds. The van der Waals surface area contributed by atoms with E-state index < -0.39 is 11.1 Å². The van der Waals surface area contributed by atoms with Gasteiger partial charge in [-0.2, -0.15) is 0 Å². The summed E-state index contributed by atoms with van der Waals surface area (Å²) < 4.78 is 5.10. The second kappa shape index (κ2) is 7.23. The van der Waals surface area contributed by atoms with Gasteiger partial charge in [0, 0.05) is 25.3 Å². The lowest BCUT2D eigenvalue weighted by atomic mass is 10.2. The fourth-order valence-electron chi connectivity index (χ4n) is 2.87. The highest BCUT2D eigenvalue weighted by Gasteiger charge is 2.27. The molecule has 1 unspecified atom stereocenters. The van der Waals surface area contributed by atoms with Crippen LogP contribution in [0.15, 0.2) is 40.0 Å². The summed E-state index contributed by atoms with van der Waals surface area (Å²) in [5.74, 6) is 0.112. The number of carbonyl (C=O) groups excluding carboxylic acids is 3. The molecule has 2 aliphatic heterocycles. The maximum atomic E-state index is 12.1. The van der Waals surface area contributed by atoms with Gasteiger partial charge in [-0.15, -0.1) is 0 Å². The summed E-state index contributed by atoms with van der Waals surface area (Å²) in [6.07, 6.45) is 5.37. The molecule has 1 atom stereocenters. The van der Waals surface area contributed by atoms with E-state index in [-0.39, 0.29) is 17.7 Å². The Morgan fingerprint density at radius 1 is 1.41 bits per heavy atom. The van der Waals surface area contributed by atoms with Gasteiger partial charge in [-0.1, -0.05) is 0 Å². The number of thioether (sulfide) groups is 1. The molecule has 2 aromatic rings. The minimum absolute atomic E-state index is 0.0398. The lowest BCUT2D eigenvalue weighted by Gasteiger charge is -2.16. The fourth-order valence-corrected chi connectivity index (χ4v) is 3.54. The molecular weight excluding hydrogens is 370 g/mol. The second-order valence-corrected chi connectivity index (χ2v) is 7.03. The molecule has 0 bridgehead atoms. The summed E-state index contributed by atoms with van der Waals surface area (Å²) in [6, 6.07) is 4.91. The van der Waals surface area contributed by atoms with Crippen molar-refractivity contribution in [2.24, 2.45) is 0 Å². The molecular formula is C17H15N5O4S. The lowest BCUT2D eigenvalue weighted by Crippen LogP contribution is -2.37. The molecule has 4 heterocycles. The number of hydrogen-bond acceptors (Lipinski definition) is 8. The number of rotatable bonds is 4. The fraction of sp³-hybridized carbons (Fsp3) is 0.235. The number of nitrogens with zero attached hydrogens (tertiary/aromatic N) is 3. The van der Waals surface area contributed by atoms with Gasteiger partial charge >= 0.3 is 0 Å². The molecule has 0 saturated carbocycles. The minimum Gasteiger partial charge on any atom is -0.459 e. The first-order valence-corrected chi connectivity index (χ1v) is 9.07. The van der Waals surface area contributed by atoms with Crippen LogP contribution in [-0.4, -0.2) is 46.2 Å². The summed E-state index contributed by atoms with van der Waals surface area (Å²) in [7, 11) is 0. The van der Waals surface area contributed by atoms with Crippen LogP contribution in [0.2, 0.25) is 0 Å². The summed E-state index contributed by atoms with van der Waals surface area (Å²) in [6.45, 7) is 1.26. The zero-order chi connectivity index (χ0) is 18.8. The molecule has 0 aliphatic carbocycles. The third-order valence-corrected chi connectivity index (χ3v) is 4.95. The van der Waals surface area contributed by atoms with Gasteiger partial charge in [-0.05, 0) is 42.5 Å². The van der Waals surface area contributed by atoms with Crippen molar-refractivity contribution in [1.82, 2.24) is 20.6 Å². The average molecular weight is 385 g/mol. The molecule has 0 radical (unpaired) electrons. The van der Waals surface area contributed by atoms with E-state index in [1.807, 2.05) is 4.90 Å². The van der Waals surface area contributed by atoms with Gasteiger partial charge in [0.2, 0.25) is 5.95 Å². The topological polar surface area (TPSA) is 117 Å². The van der Waals surface area contributed by atoms with Crippen LogP contribution >= 0.6 is 11.8 Å². The van der Waals surface area contributed by atoms with Crippen LogP contribution in [0, 0.1) is 0 Å². The Labute approximate surface area is 158 Å². The molecule has 0 spiro atoms. The largest absolute Gasteiger partial charge is 0.459 e. The lowest BCUT2D eigenvalue weighted by molar-refractivity contribution is -0.115. The first-order chi connectivity index (χ1) is 13.1. The second-order valence-electron chi connectivity index (χ2n) is 6.02. The first kappa shape index (κ1) is 17.3. The molecule has 2 aliphatic rings. The third kappa shape index (κ3) is 3.85. The molecule has 9 nitrogen and oxygen atoms in total. The van der Waals surface area contributed by atoms with Gasteiger partial charge in [0.25, 0.3) is 17.1 Å². The predicted octanol–water partition coefficient (Wildman–Crippen LogP) is 1.40. The number of amides is 3. The van der Waals surface area contributed by atoms with E-state index >= 15 is 0 Å². The normalized spacial score (nSPS) is 21.0. The standard InChI is InChI=1S/C17H15N5O4S/c23-14(12-2-1-7-26-12)19-11-4-6-22(9-11)16-18-5-3-10(20-16)8-13-15(24)21-17(25)27-13/h1-3,5,7-8,11H,4,6,9H2,(H,19,23)(H,21,24,25)/b13-8-. The van der Waals surface area contributed by atoms with Crippen molar-refractivity contribution in [2.45, 2.75) is 12.5 Å². The molecule has 27 heavy (non-hydrogen) atoms. The molecule has 2 saturated heterocycles. The highest BCUT2D eigenvalue weighted by molar-refractivity contribution is 8.18. The molecule has 2 aromatic heterocycles. The number of hydrogen-bond donors (Lipinski definition) is 2. The van der Waals surface area contributed by atoms with Crippen LogP contribution in [0.5, 0.6) is 0 Å². The Morgan fingerprint density at radius 3 is 3.04 bits per heavy atom. The van der Waals surface area contributed by atoms with Crippen molar-refractivity contribution in [2.75, 3.05) is 18.0 Å². The van der Waals surface area contributed by atoms with Crippen LogP contribution in [0.1, 0.15) is 22.7 Å². The summed E-state index contributed by atoms with van der Waals surface area (Å²) >= 11 is 0.844. The van der Waals surface area contributed by atoms with Gasteiger partial charge in [-0.25, -0.2) is 9.97 Å². The van der Waals surface area contributed by atoms with Crippen LogP contribution in [0.4, 0.5) is 10.7 Å². The van der Waals surface area contributed by atoms with Crippen LogP contribution in [0.25, 0.3) is 6.08 Å². The number of aromatic nitrogens is 2. The third-order valence-electron chi connectivity index (χ3n) is 4.14. The van der Waals surface area contributed by atoms with Gasteiger partial charge in [0.05, 0.1) is 16.9 Å². The maximum Gasteiger partial charge on any atom is 0.290 e. The minimum atomic E-state index is -0.424. The van der Waals surface area contributed by atoms with Crippen molar-refractivity contribution in [3.05, 3.63) is 47.0 Å². The summed E-state index contributed by atoms with van der Waals surface area (Å²) in [5.41, 5.74) is 0.537. The molecule has 2 N–H and O–H groups in total. The van der Waals surface area contributed by atoms with E-state index in [2.05, 4.69) is 20.6 Å². The van der Waals surface area contributed by atoms with Crippen molar-refractivity contribution < 1.29 is 18.8 Å². The smallest absolute Gasteiger partial charge is 0.290 e. The zero-order valence-corrected chi connectivity index (χ0v) is 14.9. The van der Waals surface area contributed by atoms with Crippen LogP contribution in [0.3, 0.4) is 0 Å². The number of furan rings is 1. The van der Waals surface area contributed by atoms with Crippen molar-refractivity contribution in [3.63, 3.8) is 0 Å². The summed E-state index contributed by atoms with van der Waals surface area (Å²) in [5, 5.41) is 4.74. The van der Waals surface area contributed by atoms with E-state index in [1.165, 1.54) is 6.26 Å². The van der Waals surface area contributed by atoms with Crippen molar-refractivity contribution >= 4 is 40.8 Å². The van der Waals surface area contributed by atoms with Gasteiger partial charge in [0.15, 0.2) is 5.76 Å². The molecule has 4 rings (SSSR count). The highest BCUT2D eigenvalue weighted by atomic mass is 32.2. The Balaban J connectivity index is 1.42. The van der Waals surface area contributed by atoms with E-state index in [0.717, 1.165) is 18.2 Å². The summed E-state index contributed by atoms with van der Waals surface area (Å²) in [4.78, 5) is 46.0. The Hall–Kier alpha value is -3.14. The molecule has 10 heteroatoms.